The van der Waals surface area contributed by atoms with E-state index in [1.54, 1.807) is 4.52 Å². The summed E-state index contributed by atoms with van der Waals surface area (Å²) in [5.41, 5.74) is 0.883. The van der Waals surface area contributed by atoms with Crippen LogP contribution in [-0.4, -0.2) is 45.7 Å². The molecule has 1 saturated carbocycles. The molecule has 102 valence electrons. The van der Waals surface area contributed by atoms with Crippen molar-refractivity contribution in [2.24, 2.45) is 0 Å². The zero-order valence-corrected chi connectivity index (χ0v) is 11.4. The molecular formula is C14H21N5. The van der Waals surface area contributed by atoms with Gasteiger partial charge in [0.25, 0.3) is 0 Å². The molecule has 0 amide bonds. The number of anilines is 1. The Bertz CT molecular complexity index is 496. The van der Waals surface area contributed by atoms with E-state index in [2.05, 4.69) is 27.3 Å². The second-order valence-corrected chi connectivity index (χ2v) is 5.28. The van der Waals surface area contributed by atoms with E-state index in [-0.39, 0.29) is 0 Å². The van der Waals surface area contributed by atoms with Gasteiger partial charge in [-0.25, -0.2) is 4.52 Å². The molecule has 2 aromatic rings. The highest BCUT2D eigenvalue weighted by Gasteiger charge is 2.18. The molecule has 0 unspecified atom stereocenters. The SMILES string of the molecule is CN(CCNc1nc2ccccn2n1)C1CCCC1. The Labute approximate surface area is 113 Å². The van der Waals surface area contributed by atoms with Gasteiger partial charge < -0.3 is 10.2 Å². The molecule has 5 nitrogen and oxygen atoms in total. The van der Waals surface area contributed by atoms with Crippen LogP contribution in [0.25, 0.3) is 5.65 Å². The molecule has 0 atom stereocenters. The third-order valence-corrected chi connectivity index (χ3v) is 3.94. The first-order chi connectivity index (χ1) is 9.33. The number of hydrogen-bond donors (Lipinski definition) is 1. The molecule has 19 heavy (non-hydrogen) atoms. The van der Waals surface area contributed by atoms with E-state index >= 15 is 0 Å². The van der Waals surface area contributed by atoms with E-state index < -0.39 is 0 Å². The average Bonchev–Trinajstić information content (AvgIpc) is 3.07. The third-order valence-electron chi connectivity index (χ3n) is 3.94. The van der Waals surface area contributed by atoms with Crippen molar-refractivity contribution in [1.82, 2.24) is 19.5 Å². The van der Waals surface area contributed by atoms with Crippen molar-refractivity contribution in [3.63, 3.8) is 0 Å². The van der Waals surface area contributed by atoms with Gasteiger partial charge in [0.1, 0.15) is 0 Å². The molecule has 5 heteroatoms. The van der Waals surface area contributed by atoms with Crippen LogP contribution in [0.5, 0.6) is 0 Å². The van der Waals surface area contributed by atoms with Crippen LogP contribution < -0.4 is 5.32 Å². The van der Waals surface area contributed by atoms with Crippen molar-refractivity contribution in [3.8, 4) is 0 Å². The van der Waals surface area contributed by atoms with Gasteiger partial charge in [-0.15, -0.1) is 5.10 Å². The Morgan fingerprint density at radius 1 is 1.37 bits per heavy atom. The van der Waals surface area contributed by atoms with Gasteiger partial charge in [-0.1, -0.05) is 18.9 Å². The fourth-order valence-corrected chi connectivity index (χ4v) is 2.78. The molecule has 2 aromatic heterocycles. The monoisotopic (exact) mass is 259 g/mol. The minimum absolute atomic E-state index is 0.714. The van der Waals surface area contributed by atoms with E-state index in [1.807, 2.05) is 24.4 Å². The number of fused-ring (bicyclic) bond motifs is 1. The minimum atomic E-state index is 0.714. The topological polar surface area (TPSA) is 45.5 Å². The Hall–Kier alpha value is -1.62. The molecule has 0 spiro atoms. The second kappa shape index (κ2) is 5.57. The van der Waals surface area contributed by atoms with Crippen LogP contribution in [0.3, 0.4) is 0 Å². The van der Waals surface area contributed by atoms with Crippen molar-refractivity contribution < 1.29 is 0 Å². The summed E-state index contributed by atoms with van der Waals surface area (Å²) in [7, 11) is 2.22. The van der Waals surface area contributed by atoms with Gasteiger partial charge in [-0.3, -0.25) is 0 Å². The Morgan fingerprint density at radius 2 is 2.21 bits per heavy atom. The number of likely N-dealkylation sites (N-methyl/N-ethyl adjacent to an activating group) is 1. The van der Waals surface area contributed by atoms with Crippen LogP contribution in [0.2, 0.25) is 0 Å². The fraction of sp³-hybridized carbons (Fsp3) is 0.571. The predicted molar refractivity (Wildman–Crippen MR) is 76.4 cm³/mol. The van der Waals surface area contributed by atoms with Crippen LogP contribution in [0.1, 0.15) is 25.7 Å². The highest BCUT2D eigenvalue weighted by atomic mass is 15.3. The zero-order valence-electron chi connectivity index (χ0n) is 11.4. The summed E-state index contributed by atoms with van der Waals surface area (Å²) in [5, 5.41) is 7.69. The molecule has 0 aromatic carbocycles. The van der Waals surface area contributed by atoms with Crippen molar-refractivity contribution in [3.05, 3.63) is 24.4 Å². The first-order valence-corrected chi connectivity index (χ1v) is 7.08. The number of hydrogen-bond acceptors (Lipinski definition) is 4. The second-order valence-electron chi connectivity index (χ2n) is 5.28. The highest BCUT2D eigenvalue weighted by Crippen LogP contribution is 2.21. The van der Waals surface area contributed by atoms with Crippen LogP contribution in [-0.2, 0) is 0 Å². The molecule has 1 fully saturated rings. The third kappa shape index (κ3) is 2.87. The maximum absolute atomic E-state index is 4.43. The molecule has 1 aliphatic rings. The Morgan fingerprint density at radius 3 is 3.00 bits per heavy atom. The Kier molecular flexibility index (Phi) is 3.64. The van der Waals surface area contributed by atoms with E-state index in [0.29, 0.717) is 5.95 Å². The maximum Gasteiger partial charge on any atom is 0.243 e. The Balaban J connectivity index is 1.51. The number of nitrogens with one attached hydrogen (secondary N) is 1. The molecule has 0 bridgehead atoms. The normalized spacial score (nSPS) is 16.5. The van der Waals surface area contributed by atoms with Crippen molar-refractivity contribution in [1.29, 1.82) is 0 Å². The minimum Gasteiger partial charge on any atom is -0.352 e. The smallest absolute Gasteiger partial charge is 0.243 e. The summed E-state index contributed by atoms with van der Waals surface area (Å²) in [4.78, 5) is 6.88. The molecule has 1 N–H and O–H groups in total. The number of aromatic nitrogens is 3. The lowest BCUT2D eigenvalue weighted by molar-refractivity contribution is 0.254. The molecule has 0 aliphatic heterocycles. The van der Waals surface area contributed by atoms with Crippen LogP contribution in [0.4, 0.5) is 5.95 Å². The van der Waals surface area contributed by atoms with Gasteiger partial charge in [0.15, 0.2) is 5.65 Å². The lowest BCUT2D eigenvalue weighted by Crippen LogP contribution is -2.33. The van der Waals surface area contributed by atoms with Gasteiger partial charge in [0, 0.05) is 25.3 Å². The lowest BCUT2D eigenvalue weighted by atomic mass is 10.2. The molecule has 2 heterocycles. The first kappa shape index (κ1) is 12.4. The van der Waals surface area contributed by atoms with Crippen LogP contribution in [0.15, 0.2) is 24.4 Å². The van der Waals surface area contributed by atoms with Gasteiger partial charge in [0.05, 0.1) is 0 Å². The van der Waals surface area contributed by atoms with Gasteiger partial charge in [-0.05, 0) is 32.0 Å². The summed E-state index contributed by atoms with van der Waals surface area (Å²) < 4.78 is 1.79. The van der Waals surface area contributed by atoms with Gasteiger partial charge >= 0.3 is 0 Å². The number of rotatable bonds is 5. The summed E-state index contributed by atoms with van der Waals surface area (Å²) in [6.07, 6.45) is 7.39. The molecular weight excluding hydrogens is 238 g/mol. The summed E-state index contributed by atoms with van der Waals surface area (Å²) >= 11 is 0. The average molecular weight is 259 g/mol. The summed E-state index contributed by atoms with van der Waals surface area (Å²) in [6.45, 7) is 1.93. The van der Waals surface area contributed by atoms with E-state index in [0.717, 1.165) is 24.8 Å². The quantitative estimate of drug-likeness (QED) is 0.892. The maximum atomic E-state index is 4.43. The van der Waals surface area contributed by atoms with Crippen molar-refractivity contribution in [2.75, 3.05) is 25.5 Å². The van der Waals surface area contributed by atoms with Crippen molar-refractivity contribution >= 4 is 11.6 Å². The number of nitrogens with zero attached hydrogens (tertiary/aromatic N) is 4. The van der Waals surface area contributed by atoms with E-state index in [9.17, 15) is 0 Å². The van der Waals surface area contributed by atoms with Crippen LogP contribution >= 0.6 is 0 Å². The summed E-state index contributed by atoms with van der Waals surface area (Å²) in [5.74, 6) is 0.714. The fourth-order valence-electron chi connectivity index (χ4n) is 2.78. The lowest BCUT2D eigenvalue weighted by Gasteiger charge is -2.23. The zero-order chi connectivity index (χ0) is 13.1. The number of pyridine rings is 1. The molecule has 1 aliphatic carbocycles. The highest BCUT2D eigenvalue weighted by molar-refractivity contribution is 5.42. The van der Waals surface area contributed by atoms with E-state index in [4.69, 9.17) is 0 Å². The van der Waals surface area contributed by atoms with Gasteiger partial charge in [-0.2, -0.15) is 4.98 Å². The van der Waals surface area contributed by atoms with Gasteiger partial charge in [0.2, 0.25) is 5.95 Å². The summed E-state index contributed by atoms with van der Waals surface area (Å²) in [6, 6.07) is 6.67. The molecule has 0 radical (unpaired) electrons. The molecule has 3 rings (SSSR count). The van der Waals surface area contributed by atoms with Crippen molar-refractivity contribution in [2.45, 2.75) is 31.7 Å². The molecule has 0 saturated heterocycles. The van der Waals surface area contributed by atoms with E-state index in [1.165, 1.54) is 25.7 Å². The predicted octanol–water partition coefficient (Wildman–Crippen LogP) is 2.02. The first-order valence-electron chi connectivity index (χ1n) is 7.08. The standard InChI is InChI=1S/C14H21N5/c1-18(12-6-2-3-7-12)11-9-15-14-16-13-8-4-5-10-19(13)17-14/h4-5,8,10,12H,2-3,6-7,9,11H2,1H3,(H,15,17). The largest absolute Gasteiger partial charge is 0.352 e. The van der Waals surface area contributed by atoms with Crippen LogP contribution in [0, 0.1) is 0 Å².